The number of pyridine rings is 1. The summed E-state index contributed by atoms with van der Waals surface area (Å²) in [6.45, 7) is 11.9. The van der Waals surface area contributed by atoms with Gasteiger partial charge in [-0.25, -0.2) is 0 Å². The van der Waals surface area contributed by atoms with Crippen molar-refractivity contribution in [3.8, 4) is 17.2 Å². The molecule has 1 aromatic carbocycles. The van der Waals surface area contributed by atoms with Crippen molar-refractivity contribution in [2.24, 2.45) is 5.92 Å². The van der Waals surface area contributed by atoms with Crippen LogP contribution in [0.5, 0.6) is 0 Å². The Morgan fingerprint density at radius 2 is 1.72 bits per heavy atom. The van der Waals surface area contributed by atoms with Crippen LogP contribution in [0, 0.1) is 17.2 Å². The second-order valence-corrected chi connectivity index (χ2v) is 7.97. The molecule has 1 fully saturated rings. The van der Waals surface area contributed by atoms with E-state index in [2.05, 4.69) is 39.8 Å². The molecule has 0 spiro atoms. The van der Waals surface area contributed by atoms with Gasteiger partial charge in [-0.05, 0) is 41.7 Å². The number of amides is 1. The Morgan fingerprint density at radius 3 is 2.31 bits per heavy atom. The van der Waals surface area contributed by atoms with E-state index in [1.54, 1.807) is 12.3 Å². The molecule has 1 aliphatic rings. The smallest absolute Gasteiger partial charge is 0.251 e. The second-order valence-electron chi connectivity index (χ2n) is 7.97. The fraction of sp³-hybridized carbons (Fsp3) is 0.480. The normalized spacial score (nSPS) is 14.2. The van der Waals surface area contributed by atoms with Crippen LogP contribution in [0.2, 0.25) is 0 Å². The molecule has 1 aromatic heterocycles. The molecule has 0 saturated carbocycles. The SMILES string of the molecule is CC.CC(C)CC(C(=O)NCC#N)n1cc(-c2ccc(N3CCNCC3)cc2)ccc1=O. The Morgan fingerprint density at radius 1 is 1.09 bits per heavy atom. The minimum Gasteiger partial charge on any atom is -0.369 e. The van der Waals surface area contributed by atoms with E-state index in [0.29, 0.717) is 6.42 Å². The summed E-state index contributed by atoms with van der Waals surface area (Å²) in [7, 11) is 0. The van der Waals surface area contributed by atoms with Gasteiger partial charge in [-0.1, -0.05) is 39.8 Å². The van der Waals surface area contributed by atoms with Crippen molar-refractivity contribution in [3.05, 3.63) is 52.9 Å². The number of anilines is 1. The number of benzene rings is 1. The number of rotatable bonds is 7. The standard InChI is InChI=1S/C23H29N5O2.C2H6/c1-17(2)15-21(23(30)26-10-9-24)28-16-19(5-8-22(28)29)18-3-6-20(7-4-18)27-13-11-25-12-14-27;1-2/h3-8,16-17,21,25H,10-15H2,1-2H3,(H,26,30);1-2H3. The minimum absolute atomic E-state index is 0.0741. The van der Waals surface area contributed by atoms with Gasteiger partial charge in [-0.3, -0.25) is 9.59 Å². The first-order valence-electron chi connectivity index (χ1n) is 11.4. The Bertz CT molecular complexity index is 954. The highest BCUT2D eigenvalue weighted by molar-refractivity contribution is 5.80. The van der Waals surface area contributed by atoms with Gasteiger partial charge >= 0.3 is 0 Å². The van der Waals surface area contributed by atoms with Crippen LogP contribution < -0.4 is 21.1 Å². The van der Waals surface area contributed by atoms with Gasteiger partial charge in [0.25, 0.3) is 5.56 Å². The first-order chi connectivity index (χ1) is 15.5. The van der Waals surface area contributed by atoms with Crippen LogP contribution >= 0.6 is 0 Å². The van der Waals surface area contributed by atoms with E-state index in [-0.39, 0.29) is 23.9 Å². The van der Waals surface area contributed by atoms with Gasteiger partial charge in [0.1, 0.15) is 12.6 Å². The summed E-state index contributed by atoms with van der Waals surface area (Å²) in [5.41, 5.74) is 2.82. The number of piperazine rings is 1. The summed E-state index contributed by atoms with van der Waals surface area (Å²) in [5.74, 6) is -0.0877. The van der Waals surface area contributed by atoms with Crippen molar-refractivity contribution in [2.75, 3.05) is 37.6 Å². The lowest BCUT2D eigenvalue weighted by Gasteiger charge is -2.29. The Kier molecular flexibility index (Phi) is 9.96. The molecule has 0 aliphatic carbocycles. The summed E-state index contributed by atoms with van der Waals surface area (Å²) in [6.07, 6.45) is 2.27. The van der Waals surface area contributed by atoms with Crippen molar-refractivity contribution < 1.29 is 4.79 Å². The van der Waals surface area contributed by atoms with Gasteiger partial charge in [0, 0.05) is 44.1 Å². The second kappa shape index (κ2) is 12.7. The number of aromatic nitrogens is 1. The van der Waals surface area contributed by atoms with Crippen molar-refractivity contribution in [1.82, 2.24) is 15.2 Å². The van der Waals surface area contributed by atoms with Gasteiger partial charge in [-0.15, -0.1) is 0 Å². The summed E-state index contributed by atoms with van der Waals surface area (Å²) in [5, 5.41) is 14.7. The fourth-order valence-corrected chi connectivity index (χ4v) is 3.74. The Hall–Kier alpha value is -3.11. The molecule has 7 nitrogen and oxygen atoms in total. The maximum Gasteiger partial charge on any atom is 0.251 e. The van der Waals surface area contributed by atoms with E-state index in [1.807, 2.05) is 33.8 Å². The lowest BCUT2D eigenvalue weighted by molar-refractivity contribution is -0.124. The summed E-state index contributed by atoms with van der Waals surface area (Å²) >= 11 is 0. The molecule has 1 atom stereocenters. The predicted octanol–water partition coefficient (Wildman–Crippen LogP) is 3.18. The third-order valence-electron chi connectivity index (χ3n) is 5.30. The molecule has 0 bridgehead atoms. The van der Waals surface area contributed by atoms with Gasteiger partial charge in [0.05, 0.1) is 6.07 Å². The molecule has 1 amide bonds. The zero-order valence-corrected chi connectivity index (χ0v) is 19.6. The van der Waals surface area contributed by atoms with Crippen LogP contribution in [0.25, 0.3) is 11.1 Å². The molecule has 0 radical (unpaired) electrons. The summed E-state index contributed by atoms with van der Waals surface area (Å²) < 4.78 is 1.49. The van der Waals surface area contributed by atoms with Crippen LogP contribution in [0.15, 0.2) is 47.4 Å². The highest BCUT2D eigenvalue weighted by Gasteiger charge is 2.23. The quantitative estimate of drug-likeness (QED) is 0.650. The highest BCUT2D eigenvalue weighted by atomic mass is 16.2. The van der Waals surface area contributed by atoms with E-state index in [9.17, 15) is 9.59 Å². The molecule has 3 rings (SSSR count). The summed E-state index contributed by atoms with van der Waals surface area (Å²) in [6, 6.07) is 12.9. The number of nitriles is 1. The minimum atomic E-state index is -0.647. The first kappa shape index (κ1) is 25.2. The molecule has 1 aliphatic heterocycles. The molecule has 1 unspecified atom stereocenters. The van der Waals surface area contributed by atoms with Crippen LogP contribution in [0.3, 0.4) is 0 Å². The third kappa shape index (κ3) is 6.69. The number of carbonyl (C=O) groups is 1. The lowest BCUT2D eigenvalue weighted by atomic mass is 10.0. The van der Waals surface area contributed by atoms with Crippen molar-refractivity contribution in [2.45, 2.75) is 40.2 Å². The molecule has 172 valence electrons. The van der Waals surface area contributed by atoms with E-state index < -0.39 is 6.04 Å². The molecule has 32 heavy (non-hydrogen) atoms. The number of carbonyl (C=O) groups excluding carboxylic acids is 1. The van der Waals surface area contributed by atoms with Gasteiger partial charge < -0.3 is 20.1 Å². The maximum atomic E-state index is 12.6. The van der Waals surface area contributed by atoms with Crippen molar-refractivity contribution in [3.63, 3.8) is 0 Å². The monoisotopic (exact) mass is 437 g/mol. The number of hydrogen-bond acceptors (Lipinski definition) is 5. The highest BCUT2D eigenvalue weighted by Crippen LogP contribution is 2.24. The van der Waals surface area contributed by atoms with Crippen LogP contribution in [-0.4, -0.2) is 43.2 Å². The lowest BCUT2D eigenvalue weighted by Crippen LogP contribution is -2.43. The Balaban J connectivity index is 0.00000176. The fourth-order valence-electron chi connectivity index (χ4n) is 3.74. The molecule has 1 saturated heterocycles. The van der Waals surface area contributed by atoms with Gasteiger partial charge in [0.2, 0.25) is 5.91 Å². The van der Waals surface area contributed by atoms with Crippen LogP contribution in [0.4, 0.5) is 5.69 Å². The van der Waals surface area contributed by atoms with Crippen LogP contribution in [-0.2, 0) is 4.79 Å². The maximum absolute atomic E-state index is 12.6. The Labute approximate surface area is 191 Å². The molecular weight excluding hydrogens is 402 g/mol. The van der Waals surface area contributed by atoms with E-state index in [0.717, 1.165) is 37.3 Å². The molecule has 7 heteroatoms. The van der Waals surface area contributed by atoms with E-state index in [1.165, 1.54) is 16.3 Å². The number of nitrogens with one attached hydrogen (secondary N) is 2. The van der Waals surface area contributed by atoms with Gasteiger partial charge in [-0.2, -0.15) is 5.26 Å². The number of hydrogen-bond donors (Lipinski definition) is 2. The third-order valence-corrected chi connectivity index (χ3v) is 5.30. The zero-order valence-electron chi connectivity index (χ0n) is 19.6. The summed E-state index contributed by atoms with van der Waals surface area (Å²) in [4.78, 5) is 27.5. The number of nitrogens with zero attached hydrogens (tertiary/aromatic N) is 3. The topological polar surface area (TPSA) is 90.2 Å². The molecule has 2 heterocycles. The first-order valence-corrected chi connectivity index (χ1v) is 11.4. The largest absolute Gasteiger partial charge is 0.369 e. The predicted molar refractivity (Wildman–Crippen MR) is 130 cm³/mol. The average Bonchev–Trinajstić information content (AvgIpc) is 2.83. The molecular formula is C25H35N5O2. The van der Waals surface area contributed by atoms with E-state index in [4.69, 9.17) is 5.26 Å². The van der Waals surface area contributed by atoms with E-state index >= 15 is 0 Å². The van der Waals surface area contributed by atoms with Crippen LogP contribution in [0.1, 0.15) is 40.2 Å². The molecule has 2 aromatic rings. The average molecular weight is 438 g/mol. The van der Waals surface area contributed by atoms with Crippen molar-refractivity contribution in [1.29, 1.82) is 5.26 Å². The zero-order chi connectivity index (χ0) is 23.5. The van der Waals surface area contributed by atoms with Crippen molar-refractivity contribution >= 4 is 11.6 Å². The van der Waals surface area contributed by atoms with Gasteiger partial charge in [0.15, 0.2) is 0 Å². The molecule has 2 N–H and O–H groups in total.